The molecule has 0 amide bonds. The molecule has 0 radical (unpaired) electrons. The first-order valence-corrected chi connectivity index (χ1v) is 7.15. The van der Waals surface area contributed by atoms with Gasteiger partial charge in [0.25, 0.3) is 0 Å². The Bertz CT molecular complexity index is 617. The maximum Gasteiger partial charge on any atom is 0.139 e. The van der Waals surface area contributed by atoms with Crippen molar-refractivity contribution in [3.05, 3.63) is 61.8 Å². The minimum Gasteiger partial charge on any atom is -0.381 e. The summed E-state index contributed by atoms with van der Waals surface area (Å²) in [6.07, 6.45) is 0. The summed E-state index contributed by atoms with van der Waals surface area (Å²) in [5.74, 6) is -0.301. The Labute approximate surface area is 129 Å². The van der Waals surface area contributed by atoms with Gasteiger partial charge in [-0.3, -0.25) is 0 Å². The zero-order valence-electron chi connectivity index (χ0n) is 10.1. The third-order valence-corrected chi connectivity index (χ3v) is 3.96. The van der Waals surface area contributed by atoms with Gasteiger partial charge < -0.3 is 5.32 Å². The number of aryl methyl sites for hydroxylation is 1. The van der Waals surface area contributed by atoms with Crippen LogP contribution >= 0.6 is 39.1 Å². The monoisotopic (exact) mass is 361 g/mol. The van der Waals surface area contributed by atoms with E-state index in [1.807, 2.05) is 6.92 Å². The van der Waals surface area contributed by atoms with Crippen LogP contribution < -0.4 is 5.32 Å². The van der Waals surface area contributed by atoms with E-state index >= 15 is 0 Å². The standard InChI is InChI=1S/C14H11BrCl2FN/c1-8-4-11(15)13(18)6-14(8)19-7-9-5-10(16)2-3-12(9)17/h2-6,19H,7H2,1H3. The van der Waals surface area contributed by atoms with Crippen molar-refractivity contribution in [3.8, 4) is 0 Å². The third kappa shape index (κ3) is 3.62. The lowest BCUT2D eigenvalue weighted by Gasteiger charge is -2.12. The summed E-state index contributed by atoms with van der Waals surface area (Å²) in [6.45, 7) is 2.40. The predicted molar refractivity (Wildman–Crippen MR) is 82.6 cm³/mol. The lowest BCUT2D eigenvalue weighted by atomic mass is 10.1. The van der Waals surface area contributed by atoms with Crippen LogP contribution in [-0.4, -0.2) is 0 Å². The van der Waals surface area contributed by atoms with Gasteiger partial charge in [0, 0.05) is 22.3 Å². The minimum absolute atomic E-state index is 0.301. The first-order chi connectivity index (χ1) is 8.97. The summed E-state index contributed by atoms with van der Waals surface area (Å²) >= 11 is 15.2. The summed E-state index contributed by atoms with van der Waals surface area (Å²) < 4.78 is 13.9. The third-order valence-electron chi connectivity index (χ3n) is 2.74. The molecule has 2 aromatic carbocycles. The maximum atomic E-state index is 13.5. The van der Waals surface area contributed by atoms with Gasteiger partial charge in [-0.25, -0.2) is 4.39 Å². The molecule has 19 heavy (non-hydrogen) atoms. The highest BCUT2D eigenvalue weighted by molar-refractivity contribution is 9.10. The molecule has 0 aliphatic rings. The van der Waals surface area contributed by atoms with Crippen LogP contribution in [0.2, 0.25) is 10.0 Å². The SMILES string of the molecule is Cc1cc(Br)c(F)cc1NCc1cc(Cl)ccc1Cl. The van der Waals surface area contributed by atoms with Crippen LogP contribution in [0.15, 0.2) is 34.8 Å². The highest BCUT2D eigenvalue weighted by Gasteiger charge is 2.06. The Morgan fingerprint density at radius 1 is 1.21 bits per heavy atom. The van der Waals surface area contributed by atoms with E-state index in [0.29, 0.717) is 21.1 Å². The molecule has 0 heterocycles. The Morgan fingerprint density at radius 3 is 2.68 bits per heavy atom. The first kappa shape index (κ1) is 14.6. The molecule has 0 atom stereocenters. The zero-order chi connectivity index (χ0) is 14.0. The summed E-state index contributed by atoms with van der Waals surface area (Å²) in [5, 5.41) is 4.42. The summed E-state index contributed by atoms with van der Waals surface area (Å²) in [4.78, 5) is 0. The fraction of sp³-hybridized carbons (Fsp3) is 0.143. The van der Waals surface area contributed by atoms with E-state index in [-0.39, 0.29) is 5.82 Å². The van der Waals surface area contributed by atoms with E-state index in [4.69, 9.17) is 23.2 Å². The van der Waals surface area contributed by atoms with Crippen molar-refractivity contribution in [2.45, 2.75) is 13.5 Å². The Kier molecular flexibility index (Phi) is 4.71. The zero-order valence-corrected chi connectivity index (χ0v) is 13.2. The summed E-state index contributed by atoms with van der Waals surface area (Å²) in [5.41, 5.74) is 2.56. The predicted octanol–water partition coefficient (Wildman–Crippen LogP) is 5.82. The minimum atomic E-state index is -0.301. The van der Waals surface area contributed by atoms with Crippen LogP contribution in [0, 0.1) is 12.7 Å². The van der Waals surface area contributed by atoms with Gasteiger partial charge in [-0.1, -0.05) is 23.2 Å². The highest BCUT2D eigenvalue weighted by atomic mass is 79.9. The van der Waals surface area contributed by atoms with E-state index in [9.17, 15) is 4.39 Å². The Morgan fingerprint density at radius 2 is 1.95 bits per heavy atom. The molecule has 1 nitrogen and oxygen atoms in total. The fourth-order valence-electron chi connectivity index (χ4n) is 1.71. The molecule has 2 rings (SSSR count). The van der Waals surface area contributed by atoms with Crippen LogP contribution in [-0.2, 0) is 6.54 Å². The lowest BCUT2D eigenvalue weighted by molar-refractivity contribution is 0.621. The topological polar surface area (TPSA) is 12.0 Å². The Balaban J connectivity index is 2.19. The normalized spacial score (nSPS) is 10.6. The highest BCUT2D eigenvalue weighted by Crippen LogP contribution is 2.26. The average molecular weight is 363 g/mol. The van der Waals surface area contributed by atoms with E-state index in [2.05, 4.69) is 21.2 Å². The van der Waals surface area contributed by atoms with Gasteiger partial charge in [0.2, 0.25) is 0 Å². The van der Waals surface area contributed by atoms with Crippen molar-refractivity contribution in [3.63, 3.8) is 0 Å². The molecule has 0 saturated heterocycles. The number of benzene rings is 2. The van der Waals surface area contributed by atoms with E-state index in [1.165, 1.54) is 6.07 Å². The molecule has 0 aliphatic heterocycles. The molecule has 0 bridgehead atoms. The van der Waals surface area contributed by atoms with Crippen LogP contribution in [0.3, 0.4) is 0 Å². The number of halogens is 4. The van der Waals surface area contributed by atoms with Crippen molar-refractivity contribution in [1.29, 1.82) is 0 Å². The van der Waals surface area contributed by atoms with Gasteiger partial charge in [0.05, 0.1) is 4.47 Å². The van der Waals surface area contributed by atoms with E-state index in [1.54, 1.807) is 24.3 Å². The molecule has 0 spiro atoms. The number of hydrogen-bond donors (Lipinski definition) is 1. The quantitative estimate of drug-likeness (QED) is 0.725. The van der Waals surface area contributed by atoms with Gasteiger partial charge in [-0.15, -0.1) is 0 Å². The summed E-state index contributed by atoms with van der Waals surface area (Å²) in [7, 11) is 0. The number of nitrogens with one attached hydrogen (secondary N) is 1. The number of hydrogen-bond acceptors (Lipinski definition) is 1. The van der Waals surface area contributed by atoms with Crippen molar-refractivity contribution in [2.24, 2.45) is 0 Å². The van der Waals surface area contributed by atoms with Crippen LogP contribution in [0.4, 0.5) is 10.1 Å². The first-order valence-electron chi connectivity index (χ1n) is 5.61. The van der Waals surface area contributed by atoms with E-state index < -0.39 is 0 Å². The van der Waals surface area contributed by atoms with Crippen LogP contribution in [0.25, 0.3) is 0 Å². The average Bonchev–Trinajstić information content (AvgIpc) is 2.36. The van der Waals surface area contributed by atoms with Crippen molar-refractivity contribution in [1.82, 2.24) is 0 Å². The molecular weight excluding hydrogens is 352 g/mol. The molecule has 100 valence electrons. The second-order valence-electron chi connectivity index (χ2n) is 4.17. The van der Waals surface area contributed by atoms with Crippen molar-refractivity contribution >= 4 is 44.8 Å². The molecule has 0 unspecified atom stereocenters. The van der Waals surface area contributed by atoms with Crippen LogP contribution in [0.5, 0.6) is 0 Å². The van der Waals surface area contributed by atoms with Gasteiger partial charge in [0.1, 0.15) is 5.82 Å². The molecule has 0 aromatic heterocycles. The second kappa shape index (κ2) is 6.12. The fourth-order valence-corrected chi connectivity index (χ4v) is 2.54. The largest absolute Gasteiger partial charge is 0.381 e. The number of rotatable bonds is 3. The maximum absolute atomic E-state index is 13.5. The van der Waals surface area contributed by atoms with Gasteiger partial charge in [-0.2, -0.15) is 0 Å². The Hall–Kier alpha value is -0.770. The molecule has 2 aromatic rings. The number of anilines is 1. The summed E-state index contributed by atoms with van der Waals surface area (Å²) in [6, 6.07) is 8.46. The molecule has 0 saturated carbocycles. The van der Waals surface area contributed by atoms with Crippen molar-refractivity contribution < 1.29 is 4.39 Å². The smallest absolute Gasteiger partial charge is 0.139 e. The lowest BCUT2D eigenvalue weighted by Crippen LogP contribution is -2.02. The molecular formula is C14H11BrCl2FN. The van der Waals surface area contributed by atoms with Gasteiger partial charge in [-0.05, 0) is 64.3 Å². The molecule has 1 N–H and O–H groups in total. The van der Waals surface area contributed by atoms with Crippen LogP contribution in [0.1, 0.15) is 11.1 Å². The van der Waals surface area contributed by atoms with Crippen molar-refractivity contribution in [2.75, 3.05) is 5.32 Å². The van der Waals surface area contributed by atoms with E-state index in [0.717, 1.165) is 16.8 Å². The molecule has 0 fully saturated rings. The second-order valence-corrected chi connectivity index (χ2v) is 5.87. The molecule has 0 aliphatic carbocycles. The molecule has 5 heteroatoms. The van der Waals surface area contributed by atoms with Gasteiger partial charge >= 0.3 is 0 Å². The van der Waals surface area contributed by atoms with Gasteiger partial charge in [0.15, 0.2) is 0 Å².